The van der Waals surface area contributed by atoms with Gasteiger partial charge in [-0.2, -0.15) is 0 Å². The quantitative estimate of drug-likeness (QED) is 0.458. The van der Waals surface area contributed by atoms with Crippen LogP contribution in [0.5, 0.6) is 0 Å². The molecule has 0 saturated heterocycles. The Hall–Kier alpha value is -0.780. The lowest BCUT2D eigenvalue weighted by molar-refractivity contribution is 0.834. The molecule has 46 valence electrons. The molecule has 0 unspecified atom stereocenters. The summed E-state index contributed by atoms with van der Waals surface area (Å²) in [6.45, 7) is 2.09. The summed E-state index contributed by atoms with van der Waals surface area (Å²) in [5.74, 6) is 0. The van der Waals surface area contributed by atoms with Crippen molar-refractivity contribution in [3.05, 3.63) is 34.9 Å². The normalized spacial score (nSPS) is 22.1. The highest BCUT2D eigenvalue weighted by atomic mass is 14.2. The summed E-state index contributed by atoms with van der Waals surface area (Å²) >= 11 is 0. The molecule has 0 aromatic carbocycles. The Kier molecular flexibility index (Phi) is 0.895. The fourth-order valence-corrected chi connectivity index (χ4v) is 1.35. The highest BCUT2D eigenvalue weighted by molar-refractivity contribution is 5.56. The van der Waals surface area contributed by atoms with E-state index in [-0.39, 0.29) is 0 Å². The van der Waals surface area contributed by atoms with Gasteiger partial charge < -0.3 is 0 Å². The minimum Gasteiger partial charge on any atom is -0.0804 e. The Labute approximate surface area is 55.6 Å². The smallest absolute Gasteiger partial charge is 0.0235 e. The molecule has 0 nitrogen and oxygen atoms in total. The van der Waals surface area contributed by atoms with Crippen LogP contribution in [-0.2, 0) is 0 Å². The van der Waals surface area contributed by atoms with Crippen molar-refractivity contribution < 1.29 is 0 Å². The fraction of sp³-hybridized carbons (Fsp3) is 0.333. The predicted molar refractivity (Wildman–Crippen MR) is 39.2 cm³/mol. The molecule has 0 aromatic rings. The van der Waals surface area contributed by atoms with Crippen LogP contribution in [0.15, 0.2) is 34.9 Å². The van der Waals surface area contributed by atoms with Gasteiger partial charge in [-0.1, -0.05) is 18.2 Å². The highest BCUT2D eigenvalue weighted by Crippen LogP contribution is 2.39. The summed E-state index contributed by atoms with van der Waals surface area (Å²) in [5.41, 5.74) is 4.55. The van der Waals surface area contributed by atoms with E-state index in [4.69, 9.17) is 0 Å². The van der Waals surface area contributed by atoms with E-state index in [1.807, 2.05) is 0 Å². The van der Waals surface area contributed by atoms with Crippen LogP contribution in [0, 0.1) is 0 Å². The molecule has 1 saturated carbocycles. The van der Waals surface area contributed by atoms with Crippen LogP contribution >= 0.6 is 0 Å². The van der Waals surface area contributed by atoms with Crippen LogP contribution in [0.25, 0.3) is 0 Å². The molecule has 0 bridgehead atoms. The maximum absolute atomic E-state index is 2.29. The van der Waals surface area contributed by atoms with Crippen molar-refractivity contribution in [2.75, 3.05) is 0 Å². The van der Waals surface area contributed by atoms with Crippen molar-refractivity contribution in [3.8, 4) is 0 Å². The molecule has 2 aliphatic carbocycles. The molecule has 2 aliphatic rings. The highest BCUT2D eigenvalue weighted by Gasteiger charge is 2.19. The molecule has 1 fully saturated rings. The minimum atomic E-state index is 1.31. The largest absolute Gasteiger partial charge is 0.0804 e. The molecule has 0 spiro atoms. The van der Waals surface area contributed by atoms with E-state index in [1.54, 1.807) is 11.1 Å². The summed E-state index contributed by atoms with van der Waals surface area (Å²) in [6.07, 6.45) is 9.36. The van der Waals surface area contributed by atoms with Crippen LogP contribution in [0.1, 0.15) is 19.8 Å². The lowest BCUT2D eigenvalue weighted by atomic mass is 9.89. The van der Waals surface area contributed by atoms with Gasteiger partial charge in [0.1, 0.15) is 0 Å². The molecular weight excluding hydrogens is 108 g/mol. The molecular formula is C9H10. The van der Waals surface area contributed by atoms with Crippen molar-refractivity contribution in [3.63, 3.8) is 0 Å². The fourth-order valence-electron chi connectivity index (χ4n) is 1.35. The predicted octanol–water partition coefficient (Wildman–Crippen LogP) is 2.59. The number of fused-ring (bicyclic) bond motifs is 1. The Balaban J connectivity index is 2.41. The molecule has 0 amide bonds. The maximum Gasteiger partial charge on any atom is -0.0235 e. The number of hydrogen-bond donors (Lipinski definition) is 0. The standard InChI is InChI=1S/C9H10/c1-2-7-5-8-3-4-9(8)6-7/h2,5-6H,3-4H2,1H3. The first-order valence-electron chi connectivity index (χ1n) is 3.48. The van der Waals surface area contributed by atoms with Gasteiger partial charge >= 0.3 is 0 Å². The Morgan fingerprint density at radius 2 is 1.78 bits per heavy atom. The molecule has 0 atom stereocenters. The molecule has 0 heterocycles. The Morgan fingerprint density at radius 3 is 2.11 bits per heavy atom. The van der Waals surface area contributed by atoms with Gasteiger partial charge in [0.2, 0.25) is 0 Å². The van der Waals surface area contributed by atoms with E-state index in [9.17, 15) is 0 Å². The van der Waals surface area contributed by atoms with Gasteiger partial charge in [-0.05, 0) is 36.5 Å². The first kappa shape index (κ1) is 5.04. The summed E-state index contributed by atoms with van der Waals surface area (Å²) in [4.78, 5) is 0. The molecule has 9 heavy (non-hydrogen) atoms. The van der Waals surface area contributed by atoms with Crippen molar-refractivity contribution in [2.24, 2.45) is 0 Å². The Bertz CT molecular complexity index is 204. The van der Waals surface area contributed by atoms with E-state index in [1.165, 1.54) is 18.4 Å². The first-order chi connectivity index (χ1) is 4.40. The Morgan fingerprint density at radius 1 is 1.22 bits per heavy atom. The van der Waals surface area contributed by atoms with Gasteiger partial charge in [0.05, 0.1) is 0 Å². The average Bonchev–Trinajstić information content (AvgIpc) is 2.10. The second-order valence-electron chi connectivity index (χ2n) is 2.63. The van der Waals surface area contributed by atoms with Gasteiger partial charge in [-0.3, -0.25) is 0 Å². The van der Waals surface area contributed by atoms with Crippen molar-refractivity contribution in [1.82, 2.24) is 0 Å². The molecule has 0 aromatic heterocycles. The van der Waals surface area contributed by atoms with E-state index in [2.05, 4.69) is 25.2 Å². The van der Waals surface area contributed by atoms with Crippen molar-refractivity contribution in [1.29, 1.82) is 0 Å². The van der Waals surface area contributed by atoms with Gasteiger partial charge in [-0.15, -0.1) is 0 Å². The van der Waals surface area contributed by atoms with Crippen LogP contribution in [-0.4, -0.2) is 0 Å². The maximum atomic E-state index is 2.29. The third kappa shape index (κ3) is 0.593. The zero-order valence-corrected chi connectivity index (χ0v) is 5.65. The SMILES string of the molecule is CC=C1C=C2CCC2=C1. The third-order valence-corrected chi connectivity index (χ3v) is 2.09. The van der Waals surface area contributed by atoms with E-state index >= 15 is 0 Å². The second-order valence-corrected chi connectivity index (χ2v) is 2.63. The molecule has 0 aliphatic heterocycles. The molecule has 2 rings (SSSR count). The van der Waals surface area contributed by atoms with Crippen LogP contribution in [0.2, 0.25) is 0 Å². The summed E-state index contributed by atoms with van der Waals surface area (Å²) in [7, 11) is 0. The zero-order valence-electron chi connectivity index (χ0n) is 5.65. The topological polar surface area (TPSA) is 0 Å². The second kappa shape index (κ2) is 1.60. The lowest BCUT2D eigenvalue weighted by Crippen LogP contribution is -1.97. The number of rotatable bonds is 0. The third-order valence-electron chi connectivity index (χ3n) is 2.09. The monoisotopic (exact) mass is 118 g/mol. The van der Waals surface area contributed by atoms with E-state index < -0.39 is 0 Å². The summed E-state index contributed by atoms with van der Waals surface area (Å²) in [5, 5.41) is 0. The van der Waals surface area contributed by atoms with Crippen molar-refractivity contribution >= 4 is 0 Å². The first-order valence-corrected chi connectivity index (χ1v) is 3.48. The minimum absolute atomic E-state index is 1.31. The van der Waals surface area contributed by atoms with Gasteiger partial charge in [0.15, 0.2) is 0 Å². The number of allylic oxidation sites excluding steroid dienone is 6. The molecule has 0 N–H and O–H groups in total. The average molecular weight is 118 g/mol. The molecule has 0 radical (unpaired) electrons. The van der Waals surface area contributed by atoms with Crippen LogP contribution in [0.3, 0.4) is 0 Å². The van der Waals surface area contributed by atoms with E-state index in [0.29, 0.717) is 0 Å². The van der Waals surface area contributed by atoms with E-state index in [0.717, 1.165) is 0 Å². The van der Waals surface area contributed by atoms with Crippen LogP contribution in [0.4, 0.5) is 0 Å². The van der Waals surface area contributed by atoms with Crippen molar-refractivity contribution in [2.45, 2.75) is 19.8 Å². The summed E-state index contributed by atoms with van der Waals surface area (Å²) in [6, 6.07) is 0. The number of hydrogen-bond acceptors (Lipinski definition) is 0. The van der Waals surface area contributed by atoms with Gasteiger partial charge in [0, 0.05) is 0 Å². The summed E-state index contributed by atoms with van der Waals surface area (Å²) < 4.78 is 0. The zero-order chi connectivity index (χ0) is 6.27. The van der Waals surface area contributed by atoms with Crippen LogP contribution < -0.4 is 0 Å². The van der Waals surface area contributed by atoms with Gasteiger partial charge in [0.25, 0.3) is 0 Å². The lowest BCUT2D eigenvalue weighted by Gasteiger charge is -2.16. The van der Waals surface area contributed by atoms with Gasteiger partial charge in [-0.25, -0.2) is 0 Å². The molecule has 0 heteroatoms.